The molecule has 0 fully saturated rings. The average molecular weight is 413 g/mol. The van der Waals surface area contributed by atoms with Gasteiger partial charge in [-0.1, -0.05) is 17.4 Å². The molecule has 1 N–H and O–H groups in total. The maximum absolute atomic E-state index is 5.22. The van der Waals surface area contributed by atoms with E-state index in [4.69, 9.17) is 4.74 Å². The monoisotopic (exact) mass is 412 g/mol. The summed E-state index contributed by atoms with van der Waals surface area (Å²) in [7, 11) is 1.66. The van der Waals surface area contributed by atoms with Crippen LogP contribution in [0.3, 0.4) is 0 Å². The van der Waals surface area contributed by atoms with E-state index in [-0.39, 0.29) is 0 Å². The Labute approximate surface area is 165 Å². The van der Waals surface area contributed by atoms with Crippen LogP contribution in [-0.2, 0) is 0 Å². The van der Waals surface area contributed by atoms with Crippen molar-refractivity contribution >= 4 is 50.1 Å². The summed E-state index contributed by atoms with van der Waals surface area (Å²) in [5.41, 5.74) is 2.03. The molecule has 0 bridgehead atoms. The third-order valence-electron chi connectivity index (χ3n) is 3.84. The molecule has 1 aromatic carbocycles. The van der Waals surface area contributed by atoms with Crippen molar-refractivity contribution in [2.24, 2.45) is 0 Å². The summed E-state index contributed by atoms with van der Waals surface area (Å²) in [4.78, 5) is 6.45. The van der Waals surface area contributed by atoms with Gasteiger partial charge in [0.1, 0.15) is 5.75 Å². The highest BCUT2D eigenvalue weighted by Gasteiger charge is 2.14. The predicted octanol–water partition coefficient (Wildman–Crippen LogP) is 4.79. The molecule has 0 saturated heterocycles. The van der Waals surface area contributed by atoms with Crippen molar-refractivity contribution < 1.29 is 4.74 Å². The third-order valence-corrected chi connectivity index (χ3v) is 6.54. The van der Waals surface area contributed by atoms with Crippen LogP contribution in [0.5, 0.6) is 5.75 Å². The zero-order chi connectivity index (χ0) is 18.2. The number of hydrogen-bond donors (Lipinski definition) is 1. The number of rotatable bonds is 5. The van der Waals surface area contributed by atoms with Gasteiger partial charge in [-0.05, 0) is 35.7 Å². The number of aromatic nitrogens is 5. The van der Waals surface area contributed by atoms with Gasteiger partial charge in [0.15, 0.2) is 5.01 Å². The van der Waals surface area contributed by atoms with E-state index in [9.17, 15) is 0 Å². The van der Waals surface area contributed by atoms with E-state index < -0.39 is 0 Å². The Morgan fingerprint density at radius 3 is 2.74 bits per heavy atom. The highest BCUT2D eigenvalue weighted by atomic mass is 32.1. The van der Waals surface area contributed by atoms with Gasteiger partial charge in [-0.2, -0.15) is 4.98 Å². The summed E-state index contributed by atoms with van der Waals surface area (Å²) in [6.45, 7) is 0. The maximum atomic E-state index is 5.22. The lowest BCUT2D eigenvalue weighted by Crippen LogP contribution is -1.94. The van der Waals surface area contributed by atoms with Gasteiger partial charge in [0.25, 0.3) is 0 Å². The lowest BCUT2D eigenvalue weighted by atomic mass is 10.2. The molecular weight excluding hydrogens is 400 g/mol. The number of nitrogens with one attached hydrogen (secondary N) is 1. The fourth-order valence-electron chi connectivity index (χ4n) is 2.56. The van der Waals surface area contributed by atoms with Crippen LogP contribution in [0.15, 0.2) is 47.2 Å². The van der Waals surface area contributed by atoms with Crippen molar-refractivity contribution in [3.63, 3.8) is 0 Å². The van der Waals surface area contributed by atoms with Crippen LogP contribution in [0.2, 0.25) is 0 Å². The Morgan fingerprint density at radius 1 is 1.07 bits per heavy atom. The maximum Gasteiger partial charge on any atom is 0.250 e. The lowest BCUT2D eigenvalue weighted by Gasteiger charge is -2.01. The van der Waals surface area contributed by atoms with Crippen LogP contribution in [0.25, 0.3) is 26.1 Å². The quantitative estimate of drug-likeness (QED) is 0.447. The van der Waals surface area contributed by atoms with Crippen molar-refractivity contribution in [3.8, 4) is 26.9 Å². The standard InChI is InChI=1S/C17H12N6OS3/c1-24-11-6-4-10(5-7-11)12-9-26-17-19-15(22-23(12)17)18-16-21-20-14(27-16)13-3-2-8-25-13/h2-9H,1H3,(H,18,21,22). The number of thiazole rings is 1. The highest BCUT2D eigenvalue weighted by molar-refractivity contribution is 7.23. The van der Waals surface area contributed by atoms with E-state index in [0.717, 1.165) is 31.9 Å². The number of methoxy groups -OCH3 is 1. The van der Waals surface area contributed by atoms with Crippen LogP contribution in [0, 0.1) is 0 Å². The molecule has 0 spiro atoms. The molecule has 4 aromatic heterocycles. The van der Waals surface area contributed by atoms with Crippen LogP contribution < -0.4 is 10.1 Å². The average Bonchev–Trinajstić information content (AvgIpc) is 3.46. The van der Waals surface area contributed by atoms with E-state index in [1.54, 1.807) is 29.8 Å². The van der Waals surface area contributed by atoms with Gasteiger partial charge in [-0.25, -0.2) is 4.52 Å². The Balaban J connectivity index is 1.43. The number of anilines is 2. The van der Waals surface area contributed by atoms with E-state index in [1.807, 2.05) is 51.7 Å². The first kappa shape index (κ1) is 16.4. The molecule has 0 amide bonds. The summed E-state index contributed by atoms with van der Waals surface area (Å²) in [5, 5.41) is 21.8. The minimum Gasteiger partial charge on any atom is -0.497 e. The summed E-state index contributed by atoms with van der Waals surface area (Å²) in [6.07, 6.45) is 0. The van der Waals surface area contributed by atoms with Gasteiger partial charge < -0.3 is 4.74 Å². The number of hydrogen-bond acceptors (Lipinski definition) is 9. The van der Waals surface area contributed by atoms with Gasteiger partial charge in [-0.15, -0.1) is 38.0 Å². The van der Waals surface area contributed by atoms with Crippen LogP contribution in [0.1, 0.15) is 0 Å². The summed E-state index contributed by atoms with van der Waals surface area (Å²) in [5.74, 6) is 1.33. The minimum atomic E-state index is 0.505. The molecule has 0 aliphatic heterocycles. The molecular formula is C17H12N6OS3. The zero-order valence-corrected chi connectivity index (χ0v) is 16.4. The van der Waals surface area contributed by atoms with Crippen LogP contribution >= 0.6 is 34.0 Å². The molecule has 4 heterocycles. The first-order chi connectivity index (χ1) is 13.3. The van der Waals surface area contributed by atoms with E-state index in [1.165, 1.54) is 11.3 Å². The minimum absolute atomic E-state index is 0.505. The SMILES string of the molecule is COc1ccc(-c2csc3nc(Nc4nnc(-c5cccs5)s4)nn23)cc1. The zero-order valence-electron chi connectivity index (χ0n) is 14.0. The number of fused-ring (bicyclic) bond motifs is 1. The van der Waals surface area contributed by atoms with Gasteiger partial charge in [0, 0.05) is 10.9 Å². The van der Waals surface area contributed by atoms with Crippen molar-refractivity contribution in [3.05, 3.63) is 47.2 Å². The van der Waals surface area contributed by atoms with Gasteiger partial charge in [-0.3, -0.25) is 5.32 Å². The normalized spacial score (nSPS) is 11.1. The third kappa shape index (κ3) is 3.07. The molecule has 5 rings (SSSR count). The largest absolute Gasteiger partial charge is 0.497 e. The first-order valence-corrected chi connectivity index (χ1v) is 10.5. The molecule has 0 aliphatic carbocycles. The topological polar surface area (TPSA) is 77.2 Å². The molecule has 10 heteroatoms. The Bertz CT molecular complexity index is 1190. The Kier molecular flexibility index (Phi) is 4.07. The first-order valence-electron chi connectivity index (χ1n) is 7.93. The molecule has 0 aliphatic rings. The number of ether oxygens (including phenoxy) is 1. The van der Waals surface area contributed by atoms with Crippen molar-refractivity contribution in [2.75, 3.05) is 12.4 Å². The van der Waals surface area contributed by atoms with Gasteiger partial charge in [0.2, 0.25) is 16.0 Å². The van der Waals surface area contributed by atoms with Crippen LogP contribution in [-0.4, -0.2) is 31.9 Å². The van der Waals surface area contributed by atoms with Crippen molar-refractivity contribution in [1.82, 2.24) is 24.8 Å². The lowest BCUT2D eigenvalue weighted by molar-refractivity contribution is 0.415. The molecule has 0 unspecified atom stereocenters. The fraction of sp³-hybridized carbons (Fsp3) is 0.0588. The smallest absolute Gasteiger partial charge is 0.250 e. The van der Waals surface area contributed by atoms with E-state index in [2.05, 4.69) is 25.6 Å². The second kappa shape index (κ2) is 6.72. The number of benzene rings is 1. The molecule has 134 valence electrons. The Hall–Kier alpha value is -2.82. The van der Waals surface area contributed by atoms with Gasteiger partial charge in [0.05, 0.1) is 17.7 Å². The second-order valence-electron chi connectivity index (χ2n) is 5.49. The summed E-state index contributed by atoms with van der Waals surface area (Å²) < 4.78 is 7.05. The summed E-state index contributed by atoms with van der Waals surface area (Å²) >= 11 is 4.66. The molecule has 0 radical (unpaired) electrons. The van der Waals surface area contributed by atoms with Gasteiger partial charge >= 0.3 is 0 Å². The second-order valence-corrected chi connectivity index (χ2v) is 8.26. The van der Waals surface area contributed by atoms with Crippen LogP contribution in [0.4, 0.5) is 11.1 Å². The van der Waals surface area contributed by atoms with E-state index in [0.29, 0.717) is 11.1 Å². The fourth-order valence-corrected chi connectivity index (χ4v) is 4.92. The molecule has 5 aromatic rings. The summed E-state index contributed by atoms with van der Waals surface area (Å²) in [6, 6.07) is 11.9. The van der Waals surface area contributed by atoms with E-state index >= 15 is 0 Å². The molecule has 0 atom stereocenters. The van der Waals surface area contributed by atoms with Crippen molar-refractivity contribution in [1.29, 1.82) is 0 Å². The molecule has 0 saturated carbocycles. The van der Waals surface area contributed by atoms with Crippen molar-refractivity contribution in [2.45, 2.75) is 0 Å². The molecule has 27 heavy (non-hydrogen) atoms. The number of nitrogens with zero attached hydrogens (tertiary/aromatic N) is 5. The molecule has 7 nitrogen and oxygen atoms in total. The number of thiophene rings is 1. The highest BCUT2D eigenvalue weighted by Crippen LogP contribution is 2.32. The predicted molar refractivity (Wildman–Crippen MR) is 109 cm³/mol. The Morgan fingerprint density at radius 2 is 1.96 bits per heavy atom.